The van der Waals surface area contributed by atoms with Gasteiger partial charge >= 0.3 is 0 Å². The largest absolute Gasteiger partial charge is 0.389 e. The minimum absolute atomic E-state index is 0.360. The number of rotatable bonds is 8. The second kappa shape index (κ2) is 10.1. The molecule has 2 rings (SSSR count). The van der Waals surface area contributed by atoms with Crippen LogP contribution in [-0.2, 0) is 4.74 Å². The number of ether oxygens (including phenoxy) is 1. The lowest BCUT2D eigenvalue weighted by molar-refractivity contribution is -0.0451. The van der Waals surface area contributed by atoms with Gasteiger partial charge in [-0.3, -0.25) is 0 Å². The second-order valence-corrected chi connectivity index (χ2v) is 7.67. The van der Waals surface area contributed by atoms with Crippen LogP contribution in [0.2, 0.25) is 0 Å². The first-order chi connectivity index (χ1) is 10.3. The Kier molecular flexibility index (Phi) is 8.40. The molecule has 1 aliphatic heterocycles. The molecule has 124 valence electrons. The van der Waals surface area contributed by atoms with Gasteiger partial charge in [-0.2, -0.15) is 11.8 Å². The molecule has 0 aromatic heterocycles. The lowest BCUT2D eigenvalue weighted by Gasteiger charge is -2.29. The van der Waals surface area contributed by atoms with Gasteiger partial charge in [0.25, 0.3) is 0 Å². The Morgan fingerprint density at radius 2 is 2.05 bits per heavy atom. The fourth-order valence-electron chi connectivity index (χ4n) is 3.15. The summed E-state index contributed by atoms with van der Waals surface area (Å²) < 4.78 is 5.90. The molecule has 0 amide bonds. The van der Waals surface area contributed by atoms with Crippen molar-refractivity contribution < 1.29 is 9.84 Å². The summed E-state index contributed by atoms with van der Waals surface area (Å²) in [6, 6.07) is 0. The monoisotopic (exact) mass is 316 g/mol. The molecule has 0 aromatic carbocycles. The third kappa shape index (κ3) is 6.87. The highest BCUT2D eigenvalue weighted by atomic mass is 32.2. The number of thioether (sulfide) groups is 1. The van der Waals surface area contributed by atoms with Gasteiger partial charge in [-0.15, -0.1) is 0 Å². The van der Waals surface area contributed by atoms with E-state index in [2.05, 4.69) is 17.1 Å². The van der Waals surface area contributed by atoms with Crippen LogP contribution in [0.25, 0.3) is 0 Å². The van der Waals surface area contributed by atoms with E-state index in [9.17, 15) is 5.11 Å². The van der Waals surface area contributed by atoms with Crippen LogP contribution in [0.15, 0.2) is 0 Å². The maximum absolute atomic E-state index is 10.00. The van der Waals surface area contributed by atoms with Gasteiger partial charge in [-0.25, -0.2) is 0 Å². The molecule has 1 aliphatic carbocycles. The minimum Gasteiger partial charge on any atom is -0.389 e. The molecule has 4 nitrogen and oxygen atoms in total. The fraction of sp³-hybridized carbons (Fsp3) is 1.00. The van der Waals surface area contributed by atoms with Gasteiger partial charge in [0, 0.05) is 44.2 Å². The van der Waals surface area contributed by atoms with Gasteiger partial charge in [-0.05, 0) is 18.8 Å². The molecule has 3 atom stereocenters. The van der Waals surface area contributed by atoms with Crippen LogP contribution in [0.3, 0.4) is 0 Å². The van der Waals surface area contributed by atoms with Crippen molar-refractivity contribution >= 4 is 11.8 Å². The molecule has 1 saturated heterocycles. The van der Waals surface area contributed by atoms with Crippen molar-refractivity contribution in [2.75, 3.05) is 50.8 Å². The topological polar surface area (TPSA) is 44.7 Å². The van der Waals surface area contributed by atoms with Crippen LogP contribution >= 0.6 is 11.8 Å². The highest BCUT2D eigenvalue weighted by Gasteiger charge is 2.22. The average molecular weight is 317 g/mol. The summed E-state index contributed by atoms with van der Waals surface area (Å²) in [4.78, 5) is 2.50. The first kappa shape index (κ1) is 17.5. The Morgan fingerprint density at radius 3 is 2.81 bits per heavy atom. The number of aliphatic hydroxyl groups is 1. The quantitative estimate of drug-likeness (QED) is 0.666. The molecule has 0 spiro atoms. The summed E-state index contributed by atoms with van der Waals surface area (Å²) in [7, 11) is 0. The van der Waals surface area contributed by atoms with Gasteiger partial charge in [0.05, 0.1) is 18.8 Å². The zero-order chi connectivity index (χ0) is 14.9. The maximum Gasteiger partial charge on any atom is 0.0897 e. The Hall–Kier alpha value is 0.190. The van der Waals surface area contributed by atoms with Crippen LogP contribution in [0.4, 0.5) is 0 Å². The summed E-state index contributed by atoms with van der Waals surface area (Å²) >= 11 is 2.04. The number of nitrogens with zero attached hydrogens (tertiary/aromatic N) is 1. The zero-order valence-electron chi connectivity index (χ0n) is 13.4. The van der Waals surface area contributed by atoms with Gasteiger partial charge in [0.15, 0.2) is 0 Å². The van der Waals surface area contributed by atoms with E-state index in [1.165, 1.54) is 43.9 Å². The first-order valence-electron chi connectivity index (χ1n) is 8.56. The second-order valence-electron chi connectivity index (χ2n) is 6.45. The molecule has 2 N–H and O–H groups in total. The number of hydrogen-bond acceptors (Lipinski definition) is 5. The highest BCUT2D eigenvalue weighted by Crippen LogP contribution is 2.26. The molecule has 0 radical (unpaired) electrons. The Bertz CT molecular complexity index is 275. The minimum atomic E-state index is -0.379. The summed E-state index contributed by atoms with van der Waals surface area (Å²) in [5.74, 6) is 3.17. The highest BCUT2D eigenvalue weighted by molar-refractivity contribution is 7.99. The van der Waals surface area contributed by atoms with Gasteiger partial charge in [-0.1, -0.05) is 19.8 Å². The molecule has 5 heteroatoms. The molecule has 3 unspecified atom stereocenters. The van der Waals surface area contributed by atoms with Crippen molar-refractivity contribution in [3.63, 3.8) is 0 Å². The Morgan fingerprint density at radius 1 is 1.29 bits per heavy atom. The third-order valence-corrected chi connectivity index (χ3v) is 5.57. The fourth-order valence-corrected chi connectivity index (χ4v) is 4.13. The smallest absolute Gasteiger partial charge is 0.0897 e. The normalized spacial score (nSPS) is 29.4. The molecule has 2 aliphatic rings. The number of nitrogens with one attached hydrogen (secondary N) is 1. The Balaban J connectivity index is 1.48. The van der Waals surface area contributed by atoms with E-state index >= 15 is 0 Å². The average Bonchev–Trinajstić information content (AvgIpc) is 2.52. The van der Waals surface area contributed by atoms with E-state index in [1.807, 2.05) is 11.8 Å². The van der Waals surface area contributed by atoms with Crippen molar-refractivity contribution in [3.8, 4) is 0 Å². The third-order valence-electron chi connectivity index (χ3n) is 4.62. The zero-order valence-corrected chi connectivity index (χ0v) is 14.2. The molecular formula is C16H32N2O2S. The lowest BCUT2D eigenvalue weighted by Crippen LogP contribution is -2.40. The summed E-state index contributed by atoms with van der Waals surface area (Å²) in [5, 5.41) is 13.4. The van der Waals surface area contributed by atoms with Crippen molar-refractivity contribution in [3.05, 3.63) is 0 Å². The van der Waals surface area contributed by atoms with Crippen molar-refractivity contribution in [1.82, 2.24) is 10.2 Å². The summed E-state index contributed by atoms with van der Waals surface area (Å²) in [6.07, 6.45) is 5.02. The van der Waals surface area contributed by atoms with Gasteiger partial charge in [0.1, 0.15) is 0 Å². The van der Waals surface area contributed by atoms with E-state index < -0.39 is 0 Å². The predicted octanol–water partition coefficient (Wildman–Crippen LogP) is 1.58. The van der Waals surface area contributed by atoms with E-state index in [0.29, 0.717) is 25.2 Å². The SMILES string of the molecule is CC1CCCCC1OCC(O)CNCCN1CCSCC1. The standard InChI is InChI=1S/C16H32N2O2S/c1-14-4-2-3-5-16(14)20-13-15(19)12-17-6-7-18-8-10-21-11-9-18/h14-17,19H,2-13H2,1H3. The van der Waals surface area contributed by atoms with Crippen molar-refractivity contribution in [1.29, 1.82) is 0 Å². The van der Waals surface area contributed by atoms with Crippen LogP contribution in [0.5, 0.6) is 0 Å². The first-order valence-corrected chi connectivity index (χ1v) is 9.71. The van der Waals surface area contributed by atoms with E-state index in [-0.39, 0.29) is 6.10 Å². The molecule has 1 saturated carbocycles. The number of aliphatic hydroxyl groups excluding tert-OH is 1. The van der Waals surface area contributed by atoms with Crippen molar-refractivity contribution in [2.45, 2.75) is 44.8 Å². The predicted molar refractivity (Wildman–Crippen MR) is 90.0 cm³/mol. The van der Waals surface area contributed by atoms with E-state index in [4.69, 9.17) is 4.74 Å². The molecule has 21 heavy (non-hydrogen) atoms. The van der Waals surface area contributed by atoms with Crippen LogP contribution in [0.1, 0.15) is 32.6 Å². The maximum atomic E-state index is 10.00. The summed E-state index contributed by atoms with van der Waals surface area (Å²) in [5.41, 5.74) is 0. The van der Waals surface area contributed by atoms with Crippen LogP contribution in [-0.4, -0.2) is 73.1 Å². The van der Waals surface area contributed by atoms with Crippen molar-refractivity contribution in [2.24, 2.45) is 5.92 Å². The van der Waals surface area contributed by atoms with Crippen LogP contribution < -0.4 is 5.32 Å². The lowest BCUT2D eigenvalue weighted by atomic mass is 9.88. The van der Waals surface area contributed by atoms with E-state index in [1.54, 1.807) is 0 Å². The van der Waals surface area contributed by atoms with E-state index in [0.717, 1.165) is 19.5 Å². The van der Waals surface area contributed by atoms with Gasteiger partial charge < -0.3 is 20.1 Å². The summed E-state index contributed by atoms with van der Waals surface area (Å²) in [6.45, 7) is 7.85. The molecule has 0 aromatic rings. The number of hydrogen-bond donors (Lipinski definition) is 2. The molecular weight excluding hydrogens is 284 g/mol. The Labute approximate surface area is 134 Å². The molecule has 1 heterocycles. The molecule has 2 fully saturated rings. The molecule has 0 bridgehead atoms. The van der Waals surface area contributed by atoms with Crippen LogP contribution in [0, 0.1) is 5.92 Å². The van der Waals surface area contributed by atoms with Gasteiger partial charge in [0.2, 0.25) is 0 Å².